The summed E-state index contributed by atoms with van der Waals surface area (Å²) in [4.78, 5) is 16.6. The van der Waals surface area contributed by atoms with Gasteiger partial charge in [-0.1, -0.05) is 11.6 Å². The van der Waals surface area contributed by atoms with E-state index in [1.54, 1.807) is 0 Å². The number of rotatable bonds is 5. The SMILES string of the molecule is CC(C)=CCCN1CCN(CC(=O)NC(C)(C)C)CC1. The van der Waals surface area contributed by atoms with Gasteiger partial charge in [0, 0.05) is 38.3 Å². The van der Waals surface area contributed by atoms with Gasteiger partial charge in [-0.3, -0.25) is 9.69 Å². The molecule has 0 radical (unpaired) electrons. The van der Waals surface area contributed by atoms with E-state index >= 15 is 0 Å². The number of hydrogen-bond donors (Lipinski definition) is 1. The molecule has 116 valence electrons. The second kappa shape index (κ2) is 7.79. The maximum absolute atomic E-state index is 11.9. The zero-order valence-corrected chi connectivity index (χ0v) is 13.8. The van der Waals surface area contributed by atoms with Crippen molar-refractivity contribution in [3.05, 3.63) is 11.6 Å². The van der Waals surface area contributed by atoms with Crippen molar-refractivity contribution in [1.29, 1.82) is 0 Å². The Labute approximate surface area is 124 Å². The van der Waals surface area contributed by atoms with Crippen molar-refractivity contribution >= 4 is 5.91 Å². The molecule has 1 rings (SSSR count). The van der Waals surface area contributed by atoms with E-state index in [2.05, 4.69) is 35.0 Å². The summed E-state index contributed by atoms with van der Waals surface area (Å²) in [7, 11) is 0. The molecule has 0 aromatic heterocycles. The Hall–Kier alpha value is -0.870. The van der Waals surface area contributed by atoms with Gasteiger partial charge in [-0.2, -0.15) is 0 Å². The van der Waals surface area contributed by atoms with Crippen LogP contribution in [0.3, 0.4) is 0 Å². The zero-order chi connectivity index (χ0) is 15.2. The van der Waals surface area contributed by atoms with Gasteiger partial charge in [0.05, 0.1) is 6.54 Å². The van der Waals surface area contributed by atoms with Crippen molar-refractivity contribution < 1.29 is 4.79 Å². The van der Waals surface area contributed by atoms with Crippen LogP contribution in [0.5, 0.6) is 0 Å². The first-order valence-corrected chi connectivity index (χ1v) is 7.65. The van der Waals surface area contributed by atoms with E-state index in [1.165, 1.54) is 5.57 Å². The second-order valence-corrected chi connectivity index (χ2v) is 6.99. The van der Waals surface area contributed by atoms with Gasteiger partial charge in [0.15, 0.2) is 0 Å². The molecule has 0 saturated carbocycles. The maximum atomic E-state index is 11.9. The van der Waals surface area contributed by atoms with Gasteiger partial charge in [-0.25, -0.2) is 0 Å². The summed E-state index contributed by atoms with van der Waals surface area (Å²) >= 11 is 0. The van der Waals surface area contributed by atoms with Gasteiger partial charge < -0.3 is 10.2 Å². The van der Waals surface area contributed by atoms with Crippen molar-refractivity contribution in [1.82, 2.24) is 15.1 Å². The van der Waals surface area contributed by atoms with E-state index in [1.807, 2.05) is 20.8 Å². The molecule has 1 saturated heterocycles. The van der Waals surface area contributed by atoms with Gasteiger partial charge in [0.1, 0.15) is 0 Å². The Morgan fingerprint density at radius 2 is 1.65 bits per heavy atom. The minimum absolute atomic E-state index is 0.135. The largest absolute Gasteiger partial charge is 0.350 e. The van der Waals surface area contributed by atoms with Crippen molar-refractivity contribution in [2.75, 3.05) is 39.3 Å². The fourth-order valence-corrected chi connectivity index (χ4v) is 2.37. The lowest BCUT2D eigenvalue weighted by atomic mass is 10.1. The number of nitrogens with one attached hydrogen (secondary N) is 1. The first-order chi connectivity index (χ1) is 9.26. The lowest BCUT2D eigenvalue weighted by molar-refractivity contribution is -0.124. The highest BCUT2D eigenvalue weighted by atomic mass is 16.2. The van der Waals surface area contributed by atoms with Crippen LogP contribution in [-0.4, -0.2) is 60.5 Å². The summed E-state index contributed by atoms with van der Waals surface area (Å²) in [6.07, 6.45) is 3.43. The Kier molecular flexibility index (Phi) is 6.69. The lowest BCUT2D eigenvalue weighted by Gasteiger charge is -2.34. The van der Waals surface area contributed by atoms with E-state index in [-0.39, 0.29) is 11.4 Å². The van der Waals surface area contributed by atoms with Crippen LogP contribution in [0.15, 0.2) is 11.6 Å². The predicted molar refractivity (Wildman–Crippen MR) is 84.8 cm³/mol. The summed E-state index contributed by atoms with van der Waals surface area (Å²) in [5.74, 6) is 0.135. The number of allylic oxidation sites excluding steroid dienone is 1. The molecule has 1 aliphatic rings. The van der Waals surface area contributed by atoms with Crippen LogP contribution in [0.2, 0.25) is 0 Å². The van der Waals surface area contributed by atoms with E-state index in [0.29, 0.717) is 6.54 Å². The number of amides is 1. The van der Waals surface area contributed by atoms with Crippen LogP contribution in [0, 0.1) is 0 Å². The normalized spacial score (nSPS) is 17.9. The Bertz CT molecular complexity index is 332. The predicted octanol–water partition coefficient (Wildman–Crippen LogP) is 1.87. The molecule has 0 aromatic rings. The number of carbonyl (C=O) groups excluding carboxylic acids is 1. The van der Waals surface area contributed by atoms with Crippen LogP contribution in [-0.2, 0) is 4.79 Å². The van der Waals surface area contributed by atoms with E-state index in [4.69, 9.17) is 0 Å². The molecule has 0 aromatic carbocycles. The molecule has 1 heterocycles. The molecule has 0 spiro atoms. The average molecular weight is 281 g/mol. The summed E-state index contributed by atoms with van der Waals surface area (Å²) in [5, 5.41) is 3.02. The average Bonchev–Trinajstić information content (AvgIpc) is 2.28. The Balaban J connectivity index is 2.22. The smallest absolute Gasteiger partial charge is 0.234 e. The molecular weight excluding hydrogens is 250 g/mol. The maximum Gasteiger partial charge on any atom is 0.234 e. The fourth-order valence-electron chi connectivity index (χ4n) is 2.37. The van der Waals surface area contributed by atoms with Gasteiger partial charge in [-0.05, 0) is 41.0 Å². The number of piperazine rings is 1. The topological polar surface area (TPSA) is 35.6 Å². The van der Waals surface area contributed by atoms with E-state index in [0.717, 1.165) is 39.1 Å². The molecule has 1 N–H and O–H groups in total. The third kappa shape index (κ3) is 7.65. The van der Waals surface area contributed by atoms with Crippen LogP contribution >= 0.6 is 0 Å². The van der Waals surface area contributed by atoms with E-state index < -0.39 is 0 Å². The van der Waals surface area contributed by atoms with Crippen molar-refractivity contribution in [2.24, 2.45) is 0 Å². The minimum Gasteiger partial charge on any atom is -0.350 e. The monoisotopic (exact) mass is 281 g/mol. The molecule has 1 fully saturated rings. The van der Waals surface area contributed by atoms with Crippen LogP contribution in [0.25, 0.3) is 0 Å². The number of nitrogens with zero attached hydrogens (tertiary/aromatic N) is 2. The fraction of sp³-hybridized carbons (Fsp3) is 0.812. The molecule has 4 heteroatoms. The number of carbonyl (C=O) groups is 1. The minimum atomic E-state index is -0.136. The summed E-state index contributed by atoms with van der Waals surface area (Å²) in [6.45, 7) is 16.1. The van der Waals surface area contributed by atoms with Crippen molar-refractivity contribution in [2.45, 2.75) is 46.6 Å². The highest BCUT2D eigenvalue weighted by Crippen LogP contribution is 2.05. The molecule has 0 atom stereocenters. The number of hydrogen-bond acceptors (Lipinski definition) is 3. The highest BCUT2D eigenvalue weighted by Gasteiger charge is 2.20. The lowest BCUT2D eigenvalue weighted by Crippen LogP contribution is -2.51. The van der Waals surface area contributed by atoms with Crippen LogP contribution in [0.1, 0.15) is 41.0 Å². The van der Waals surface area contributed by atoms with Crippen LogP contribution < -0.4 is 5.32 Å². The summed E-state index contributed by atoms with van der Waals surface area (Å²) in [6, 6.07) is 0. The van der Waals surface area contributed by atoms with Gasteiger partial charge >= 0.3 is 0 Å². The standard InChI is InChI=1S/C16H31N3O/c1-14(2)7-6-8-18-9-11-19(12-10-18)13-15(20)17-16(3,4)5/h7H,6,8-13H2,1-5H3,(H,17,20). The quantitative estimate of drug-likeness (QED) is 0.782. The third-order valence-electron chi connectivity index (χ3n) is 3.34. The summed E-state index contributed by atoms with van der Waals surface area (Å²) in [5.41, 5.74) is 1.26. The second-order valence-electron chi connectivity index (χ2n) is 6.99. The van der Waals surface area contributed by atoms with Crippen LogP contribution in [0.4, 0.5) is 0 Å². The van der Waals surface area contributed by atoms with Crippen molar-refractivity contribution in [3.8, 4) is 0 Å². The molecule has 0 unspecified atom stereocenters. The molecule has 0 aliphatic carbocycles. The first-order valence-electron chi connectivity index (χ1n) is 7.65. The third-order valence-corrected chi connectivity index (χ3v) is 3.34. The molecule has 1 aliphatic heterocycles. The van der Waals surface area contributed by atoms with Crippen molar-refractivity contribution in [3.63, 3.8) is 0 Å². The van der Waals surface area contributed by atoms with Gasteiger partial charge in [0.25, 0.3) is 0 Å². The Morgan fingerprint density at radius 1 is 1.10 bits per heavy atom. The summed E-state index contributed by atoms with van der Waals surface area (Å²) < 4.78 is 0. The molecule has 20 heavy (non-hydrogen) atoms. The molecule has 1 amide bonds. The molecule has 0 bridgehead atoms. The van der Waals surface area contributed by atoms with Gasteiger partial charge in [0.2, 0.25) is 5.91 Å². The first kappa shape index (κ1) is 17.2. The van der Waals surface area contributed by atoms with E-state index in [9.17, 15) is 4.79 Å². The Morgan fingerprint density at radius 3 is 2.15 bits per heavy atom. The van der Waals surface area contributed by atoms with Gasteiger partial charge in [-0.15, -0.1) is 0 Å². The molecule has 4 nitrogen and oxygen atoms in total. The zero-order valence-electron chi connectivity index (χ0n) is 13.8. The molecular formula is C16H31N3O. The highest BCUT2D eigenvalue weighted by molar-refractivity contribution is 5.78.